The third kappa shape index (κ3) is 37.9. The highest BCUT2D eigenvalue weighted by atomic mass is 16.3. The first-order chi connectivity index (χ1) is 25.0. The van der Waals surface area contributed by atoms with Gasteiger partial charge in [0, 0.05) is 0 Å². The van der Waals surface area contributed by atoms with Gasteiger partial charge < -0.3 is 20.6 Å². The average Bonchev–Trinajstić information content (AvgIpc) is 3.12. The van der Waals surface area contributed by atoms with Crippen LogP contribution in [-0.4, -0.2) is 46.1 Å². The largest absolute Gasteiger partial charge is 0.394 e. The Morgan fingerprint density at radius 3 is 1.37 bits per heavy atom. The molecule has 0 aromatic rings. The molecule has 3 atom stereocenters. The van der Waals surface area contributed by atoms with Crippen LogP contribution in [0.15, 0.2) is 48.6 Å². The Labute approximate surface area is 316 Å². The molecule has 0 rings (SSSR count). The minimum Gasteiger partial charge on any atom is -0.394 e. The van der Waals surface area contributed by atoms with Gasteiger partial charge in [0.2, 0.25) is 5.91 Å². The van der Waals surface area contributed by atoms with Crippen molar-refractivity contribution in [3.8, 4) is 0 Å². The van der Waals surface area contributed by atoms with Crippen LogP contribution in [0.1, 0.15) is 213 Å². The van der Waals surface area contributed by atoms with E-state index in [1.165, 1.54) is 148 Å². The van der Waals surface area contributed by atoms with Gasteiger partial charge in [0.15, 0.2) is 0 Å². The van der Waals surface area contributed by atoms with E-state index in [4.69, 9.17) is 0 Å². The number of hydrogen-bond donors (Lipinski definition) is 4. The molecule has 0 radical (unpaired) electrons. The van der Waals surface area contributed by atoms with Crippen molar-refractivity contribution in [1.29, 1.82) is 0 Å². The van der Waals surface area contributed by atoms with Gasteiger partial charge in [-0.25, -0.2) is 0 Å². The van der Waals surface area contributed by atoms with Gasteiger partial charge in [-0.3, -0.25) is 4.79 Å². The molecule has 0 aromatic heterocycles. The molecule has 0 spiro atoms. The van der Waals surface area contributed by atoms with Gasteiger partial charge in [-0.2, -0.15) is 0 Å². The second-order valence-corrected chi connectivity index (χ2v) is 14.9. The van der Waals surface area contributed by atoms with Crippen LogP contribution < -0.4 is 5.32 Å². The van der Waals surface area contributed by atoms with Crippen LogP contribution in [-0.2, 0) is 4.79 Å². The van der Waals surface area contributed by atoms with Crippen molar-refractivity contribution in [2.24, 2.45) is 0 Å². The molecule has 0 aliphatic rings. The summed E-state index contributed by atoms with van der Waals surface area (Å²) < 4.78 is 0. The number of amides is 1. The molecule has 3 unspecified atom stereocenters. The second kappa shape index (κ2) is 41.1. The molecule has 298 valence electrons. The van der Waals surface area contributed by atoms with Crippen molar-refractivity contribution in [2.75, 3.05) is 6.61 Å². The standard InChI is InChI=1S/C46H85NO4/c1-3-5-7-9-11-13-15-17-18-19-20-21-22-23-24-25-26-28-29-31-33-35-37-39-43(49)41-46(51)47-44(42-48)45(50)40-38-36-34-32-30-27-16-14-12-10-8-6-4-2/h20-21,23-24,30,32,38,40,43-45,48-50H,3-19,22,25-29,31,33-37,39,41-42H2,1-2H3,(H,47,51)/b21-20-,24-23-,32-30+,40-38+. The summed E-state index contributed by atoms with van der Waals surface area (Å²) in [7, 11) is 0. The third-order valence-electron chi connectivity index (χ3n) is 9.84. The number of hydrogen-bond acceptors (Lipinski definition) is 4. The van der Waals surface area contributed by atoms with E-state index in [1.54, 1.807) is 6.08 Å². The zero-order valence-corrected chi connectivity index (χ0v) is 33.7. The number of carbonyl (C=O) groups excluding carboxylic acids is 1. The van der Waals surface area contributed by atoms with E-state index < -0.39 is 18.2 Å². The fourth-order valence-corrected chi connectivity index (χ4v) is 6.44. The lowest BCUT2D eigenvalue weighted by Crippen LogP contribution is -2.45. The number of rotatable bonds is 39. The Kier molecular flexibility index (Phi) is 39.7. The molecule has 0 aliphatic carbocycles. The van der Waals surface area contributed by atoms with E-state index >= 15 is 0 Å². The second-order valence-electron chi connectivity index (χ2n) is 14.9. The Morgan fingerprint density at radius 1 is 0.510 bits per heavy atom. The molecular formula is C46H85NO4. The van der Waals surface area contributed by atoms with E-state index in [2.05, 4.69) is 55.6 Å². The topological polar surface area (TPSA) is 89.8 Å². The summed E-state index contributed by atoms with van der Waals surface area (Å²) in [5.41, 5.74) is 0. The van der Waals surface area contributed by atoms with Crippen LogP contribution in [0.4, 0.5) is 0 Å². The molecule has 4 N–H and O–H groups in total. The summed E-state index contributed by atoms with van der Waals surface area (Å²) >= 11 is 0. The van der Waals surface area contributed by atoms with E-state index in [-0.39, 0.29) is 18.9 Å². The number of nitrogens with one attached hydrogen (secondary N) is 1. The zero-order valence-electron chi connectivity index (χ0n) is 33.7. The van der Waals surface area contributed by atoms with Crippen LogP contribution in [0.2, 0.25) is 0 Å². The fraction of sp³-hybridized carbons (Fsp3) is 0.804. The molecule has 0 fully saturated rings. The van der Waals surface area contributed by atoms with E-state index in [1.807, 2.05) is 6.08 Å². The maximum atomic E-state index is 12.4. The normalized spacial score (nSPS) is 14.1. The van der Waals surface area contributed by atoms with Crippen molar-refractivity contribution < 1.29 is 20.1 Å². The highest BCUT2D eigenvalue weighted by Gasteiger charge is 2.20. The van der Waals surface area contributed by atoms with Crippen molar-refractivity contribution >= 4 is 5.91 Å². The predicted octanol–water partition coefficient (Wildman–Crippen LogP) is 12.5. The summed E-state index contributed by atoms with van der Waals surface area (Å²) in [6.07, 6.45) is 52.5. The number of aliphatic hydroxyl groups excluding tert-OH is 3. The van der Waals surface area contributed by atoms with Gasteiger partial charge in [-0.05, 0) is 64.2 Å². The van der Waals surface area contributed by atoms with Gasteiger partial charge in [0.25, 0.3) is 0 Å². The smallest absolute Gasteiger partial charge is 0.222 e. The zero-order chi connectivity index (χ0) is 37.3. The molecule has 5 heteroatoms. The van der Waals surface area contributed by atoms with Crippen LogP contribution >= 0.6 is 0 Å². The van der Waals surface area contributed by atoms with Crippen LogP contribution in [0, 0.1) is 0 Å². The summed E-state index contributed by atoms with van der Waals surface area (Å²) in [6, 6.07) is -0.764. The van der Waals surface area contributed by atoms with Gasteiger partial charge in [0.1, 0.15) is 0 Å². The molecule has 0 aliphatic heterocycles. The SMILES string of the molecule is CCCCCCCCC/C=C/CC/C=C/C(O)C(CO)NC(=O)CC(O)CCCCCCCCC/C=C\C/C=C\CCCCCCCCCCC. The summed E-state index contributed by atoms with van der Waals surface area (Å²) in [5, 5.41) is 33.1. The molecule has 0 saturated carbocycles. The molecule has 51 heavy (non-hydrogen) atoms. The summed E-state index contributed by atoms with van der Waals surface area (Å²) in [4.78, 5) is 12.4. The van der Waals surface area contributed by atoms with E-state index in [9.17, 15) is 20.1 Å². The van der Waals surface area contributed by atoms with Crippen molar-refractivity contribution in [1.82, 2.24) is 5.32 Å². The first kappa shape index (κ1) is 49.3. The Balaban J connectivity index is 3.70. The van der Waals surface area contributed by atoms with Gasteiger partial charge in [-0.15, -0.1) is 0 Å². The molecule has 0 saturated heterocycles. The highest BCUT2D eigenvalue weighted by Crippen LogP contribution is 2.14. The van der Waals surface area contributed by atoms with Crippen LogP contribution in [0.25, 0.3) is 0 Å². The Bertz CT molecular complexity index is 835. The van der Waals surface area contributed by atoms with Gasteiger partial charge >= 0.3 is 0 Å². The average molecular weight is 716 g/mol. The summed E-state index contributed by atoms with van der Waals surface area (Å²) in [5.74, 6) is -0.332. The number of unbranched alkanes of at least 4 members (excludes halogenated alkanes) is 24. The summed E-state index contributed by atoms with van der Waals surface area (Å²) in [6.45, 7) is 4.18. The number of allylic oxidation sites excluding steroid dienone is 7. The molecule has 0 aromatic carbocycles. The molecule has 1 amide bonds. The van der Waals surface area contributed by atoms with E-state index in [0.29, 0.717) is 6.42 Å². The molecule has 0 heterocycles. The molecule has 0 bridgehead atoms. The lowest BCUT2D eigenvalue weighted by atomic mass is 10.0. The quantitative estimate of drug-likeness (QED) is 0.0377. The number of aliphatic hydroxyl groups is 3. The van der Waals surface area contributed by atoms with Crippen LogP contribution in [0.3, 0.4) is 0 Å². The molecule has 5 nitrogen and oxygen atoms in total. The first-order valence-corrected chi connectivity index (χ1v) is 21.9. The van der Waals surface area contributed by atoms with Crippen LogP contribution in [0.5, 0.6) is 0 Å². The Morgan fingerprint density at radius 2 is 0.902 bits per heavy atom. The fourth-order valence-electron chi connectivity index (χ4n) is 6.44. The lowest BCUT2D eigenvalue weighted by Gasteiger charge is -2.21. The number of carbonyl (C=O) groups is 1. The molecular weight excluding hydrogens is 631 g/mol. The first-order valence-electron chi connectivity index (χ1n) is 21.9. The minimum atomic E-state index is -0.954. The van der Waals surface area contributed by atoms with Crippen molar-refractivity contribution in [2.45, 2.75) is 231 Å². The predicted molar refractivity (Wildman–Crippen MR) is 222 cm³/mol. The lowest BCUT2D eigenvalue weighted by molar-refractivity contribution is -0.124. The highest BCUT2D eigenvalue weighted by molar-refractivity contribution is 5.76. The van der Waals surface area contributed by atoms with E-state index in [0.717, 1.165) is 38.5 Å². The van der Waals surface area contributed by atoms with Gasteiger partial charge in [0.05, 0.1) is 31.3 Å². The maximum absolute atomic E-state index is 12.4. The monoisotopic (exact) mass is 716 g/mol. The van der Waals surface area contributed by atoms with Gasteiger partial charge in [-0.1, -0.05) is 191 Å². The Hall–Kier alpha value is -1.69. The maximum Gasteiger partial charge on any atom is 0.222 e. The van der Waals surface area contributed by atoms with Crippen molar-refractivity contribution in [3.63, 3.8) is 0 Å². The minimum absolute atomic E-state index is 0.000906. The third-order valence-corrected chi connectivity index (χ3v) is 9.84. The van der Waals surface area contributed by atoms with Crippen molar-refractivity contribution in [3.05, 3.63) is 48.6 Å².